The molecule has 0 fully saturated rings. The molecule has 5 nitrogen and oxygen atoms in total. The molecule has 2 N–H and O–H groups in total. The molecule has 0 heterocycles. The van der Waals surface area contributed by atoms with E-state index >= 15 is 0 Å². The number of halogens is 1. The molecule has 0 aromatic heterocycles. The van der Waals surface area contributed by atoms with Crippen molar-refractivity contribution in [2.24, 2.45) is 0 Å². The van der Waals surface area contributed by atoms with Crippen LogP contribution in [0.1, 0.15) is 31.1 Å². The molecule has 1 aromatic carbocycles. The summed E-state index contributed by atoms with van der Waals surface area (Å²) < 4.78 is 18.3. The van der Waals surface area contributed by atoms with Crippen LogP contribution in [-0.2, 0) is 4.74 Å². The van der Waals surface area contributed by atoms with Crippen molar-refractivity contribution in [3.63, 3.8) is 0 Å². The van der Waals surface area contributed by atoms with Crippen molar-refractivity contribution in [2.75, 3.05) is 13.1 Å². The number of ether oxygens (including phenoxy) is 1. The predicted octanol–water partition coefficient (Wildman–Crippen LogP) is 2.08. The van der Waals surface area contributed by atoms with E-state index in [0.717, 1.165) is 0 Å². The Kier molecular flexibility index (Phi) is 5.49. The molecule has 0 saturated carbocycles. The zero-order valence-corrected chi connectivity index (χ0v) is 11.8. The molecule has 1 rings (SSSR count). The molecular formula is C14H19FN2O3. The van der Waals surface area contributed by atoms with Crippen molar-refractivity contribution in [3.05, 3.63) is 35.6 Å². The number of rotatable bonds is 4. The highest BCUT2D eigenvalue weighted by atomic mass is 19.1. The smallest absolute Gasteiger partial charge is 0.407 e. The average Bonchev–Trinajstić information content (AvgIpc) is 2.33. The second kappa shape index (κ2) is 6.88. The van der Waals surface area contributed by atoms with E-state index in [1.807, 2.05) is 0 Å². The van der Waals surface area contributed by atoms with Gasteiger partial charge in [0.15, 0.2) is 0 Å². The van der Waals surface area contributed by atoms with Crippen molar-refractivity contribution in [1.82, 2.24) is 10.6 Å². The van der Waals surface area contributed by atoms with Crippen molar-refractivity contribution < 1.29 is 18.7 Å². The molecule has 1 aromatic rings. The van der Waals surface area contributed by atoms with Gasteiger partial charge in [0, 0.05) is 13.1 Å². The van der Waals surface area contributed by atoms with Gasteiger partial charge in [-0.15, -0.1) is 0 Å². The summed E-state index contributed by atoms with van der Waals surface area (Å²) in [4.78, 5) is 23.0. The molecule has 0 spiro atoms. The zero-order valence-electron chi connectivity index (χ0n) is 11.8. The van der Waals surface area contributed by atoms with E-state index in [-0.39, 0.29) is 18.7 Å². The van der Waals surface area contributed by atoms with Crippen LogP contribution in [0.25, 0.3) is 0 Å². The fourth-order valence-corrected chi connectivity index (χ4v) is 1.40. The molecule has 6 heteroatoms. The van der Waals surface area contributed by atoms with E-state index in [1.54, 1.807) is 26.8 Å². The molecule has 2 amide bonds. The summed E-state index contributed by atoms with van der Waals surface area (Å²) in [6.07, 6.45) is -0.558. The van der Waals surface area contributed by atoms with Crippen LogP contribution in [0.3, 0.4) is 0 Å². The Morgan fingerprint density at radius 3 is 2.35 bits per heavy atom. The summed E-state index contributed by atoms with van der Waals surface area (Å²) in [5.74, 6) is -1.10. The molecule has 0 atom stereocenters. The summed E-state index contributed by atoms with van der Waals surface area (Å²) >= 11 is 0. The third kappa shape index (κ3) is 5.69. The summed E-state index contributed by atoms with van der Waals surface area (Å²) in [7, 11) is 0. The SMILES string of the molecule is CC(C)(C)OC(=O)NCCNC(=O)c1ccccc1F. The minimum atomic E-state index is -0.579. The van der Waals surface area contributed by atoms with Crippen molar-refractivity contribution in [1.29, 1.82) is 0 Å². The fourth-order valence-electron chi connectivity index (χ4n) is 1.40. The number of hydrogen-bond donors (Lipinski definition) is 2. The first kappa shape index (κ1) is 15.9. The topological polar surface area (TPSA) is 67.4 Å². The molecule has 0 radical (unpaired) electrons. The summed E-state index contributed by atoms with van der Waals surface area (Å²) in [6, 6.07) is 5.70. The van der Waals surface area contributed by atoms with Gasteiger partial charge in [-0.05, 0) is 32.9 Å². The summed E-state index contributed by atoms with van der Waals surface area (Å²) in [6.45, 7) is 5.66. The molecular weight excluding hydrogens is 263 g/mol. The van der Waals surface area contributed by atoms with Crippen LogP contribution in [0.5, 0.6) is 0 Å². The van der Waals surface area contributed by atoms with E-state index in [0.29, 0.717) is 0 Å². The van der Waals surface area contributed by atoms with Gasteiger partial charge in [0.1, 0.15) is 11.4 Å². The molecule has 0 aliphatic carbocycles. The van der Waals surface area contributed by atoms with Crippen LogP contribution < -0.4 is 10.6 Å². The fraction of sp³-hybridized carbons (Fsp3) is 0.429. The van der Waals surface area contributed by atoms with Crippen molar-refractivity contribution in [2.45, 2.75) is 26.4 Å². The number of hydrogen-bond acceptors (Lipinski definition) is 3. The first-order valence-corrected chi connectivity index (χ1v) is 6.29. The van der Waals surface area contributed by atoms with Gasteiger partial charge in [-0.1, -0.05) is 12.1 Å². The van der Waals surface area contributed by atoms with E-state index in [1.165, 1.54) is 18.2 Å². The predicted molar refractivity (Wildman–Crippen MR) is 73.0 cm³/mol. The van der Waals surface area contributed by atoms with Crippen LogP contribution >= 0.6 is 0 Å². The number of benzene rings is 1. The summed E-state index contributed by atoms with van der Waals surface area (Å²) in [5.41, 5.74) is -0.592. The zero-order chi connectivity index (χ0) is 15.2. The highest BCUT2D eigenvalue weighted by molar-refractivity contribution is 5.94. The first-order chi connectivity index (χ1) is 9.29. The Bertz CT molecular complexity index is 484. The average molecular weight is 282 g/mol. The van der Waals surface area contributed by atoms with Gasteiger partial charge < -0.3 is 15.4 Å². The number of alkyl carbamates (subject to hydrolysis) is 1. The summed E-state index contributed by atoms with van der Waals surface area (Å²) in [5, 5.41) is 5.00. The Labute approximate surface area is 117 Å². The van der Waals surface area contributed by atoms with E-state index in [4.69, 9.17) is 4.74 Å². The molecule has 0 unspecified atom stereocenters. The maximum absolute atomic E-state index is 13.3. The second-order valence-corrected chi connectivity index (χ2v) is 5.16. The largest absolute Gasteiger partial charge is 0.444 e. The quantitative estimate of drug-likeness (QED) is 0.831. The monoisotopic (exact) mass is 282 g/mol. The molecule has 20 heavy (non-hydrogen) atoms. The number of amides is 2. The highest BCUT2D eigenvalue weighted by Crippen LogP contribution is 2.06. The Hall–Kier alpha value is -2.11. The maximum atomic E-state index is 13.3. The lowest BCUT2D eigenvalue weighted by molar-refractivity contribution is 0.0526. The van der Waals surface area contributed by atoms with Crippen LogP contribution in [0, 0.1) is 5.82 Å². The second-order valence-electron chi connectivity index (χ2n) is 5.16. The van der Waals surface area contributed by atoms with Crippen LogP contribution in [0.15, 0.2) is 24.3 Å². The number of carbonyl (C=O) groups is 2. The normalized spacial score (nSPS) is 10.8. The minimum Gasteiger partial charge on any atom is -0.444 e. The van der Waals surface area contributed by atoms with Gasteiger partial charge in [-0.25, -0.2) is 9.18 Å². The Morgan fingerprint density at radius 1 is 1.15 bits per heavy atom. The van der Waals surface area contributed by atoms with Crippen LogP contribution in [-0.4, -0.2) is 30.7 Å². The van der Waals surface area contributed by atoms with E-state index in [2.05, 4.69) is 10.6 Å². The van der Waals surface area contributed by atoms with Crippen LogP contribution in [0.2, 0.25) is 0 Å². The maximum Gasteiger partial charge on any atom is 0.407 e. The lowest BCUT2D eigenvalue weighted by Gasteiger charge is -2.19. The molecule has 110 valence electrons. The molecule has 0 aliphatic heterocycles. The highest BCUT2D eigenvalue weighted by Gasteiger charge is 2.15. The first-order valence-electron chi connectivity index (χ1n) is 6.29. The van der Waals surface area contributed by atoms with E-state index < -0.39 is 23.4 Å². The Balaban J connectivity index is 2.30. The third-order valence-corrected chi connectivity index (χ3v) is 2.20. The molecule has 0 bridgehead atoms. The van der Waals surface area contributed by atoms with Crippen LogP contribution in [0.4, 0.5) is 9.18 Å². The minimum absolute atomic E-state index is 0.0234. The molecule has 0 saturated heterocycles. The van der Waals surface area contributed by atoms with Crippen molar-refractivity contribution in [3.8, 4) is 0 Å². The number of nitrogens with one attached hydrogen (secondary N) is 2. The van der Waals surface area contributed by atoms with Gasteiger partial charge in [-0.2, -0.15) is 0 Å². The lowest BCUT2D eigenvalue weighted by atomic mass is 10.2. The Morgan fingerprint density at radius 2 is 1.75 bits per heavy atom. The van der Waals surface area contributed by atoms with Gasteiger partial charge in [-0.3, -0.25) is 4.79 Å². The third-order valence-electron chi connectivity index (χ3n) is 2.20. The van der Waals surface area contributed by atoms with Gasteiger partial charge in [0.25, 0.3) is 5.91 Å². The standard InChI is InChI=1S/C14H19FN2O3/c1-14(2,3)20-13(19)17-9-8-16-12(18)10-6-4-5-7-11(10)15/h4-7H,8-9H2,1-3H3,(H,16,18)(H,17,19). The van der Waals surface area contributed by atoms with Gasteiger partial charge in [0.2, 0.25) is 0 Å². The van der Waals surface area contributed by atoms with Gasteiger partial charge >= 0.3 is 6.09 Å². The van der Waals surface area contributed by atoms with Gasteiger partial charge in [0.05, 0.1) is 5.56 Å². The molecule has 0 aliphatic rings. The lowest BCUT2D eigenvalue weighted by Crippen LogP contribution is -2.38. The number of carbonyl (C=O) groups excluding carboxylic acids is 2. The van der Waals surface area contributed by atoms with Crippen molar-refractivity contribution >= 4 is 12.0 Å². The van der Waals surface area contributed by atoms with E-state index in [9.17, 15) is 14.0 Å².